The lowest BCUT2D eigenvalue weighted by Gasteiger charge is -2.26. The Kier molecular flexibility index (Phi) is 4.60. The summed E-state index contributed by atoms with van der Waals surface area (Å²) >= 11 is 0. The van der Waals surface area contributed by atoms with Crippen LogP contribution in [-0.4, -0.2) is 50.1 Å². The van der Waals surface area contributed by atoms with Gasteiger partial charge in [-0.25, -0.2) is 0 Å². The Bertz CT molecular complexity index is 220. The van der Waals surface area contributed by atoms with Crippen LogP contribution in [0.1, 0.15) is 25.7 Å². The van der Waals surface area contributed by atoms with Gasteiger partial charge in [0.2, 0.25) is 5.91 Å². The van der Waals surface area contributed by atoms with E-state index in [1.807, 2.05) is 0 Å². The molecule has 0 aromatic rings. The van der Waals surface area contributed by atoms with Crippen LogP contribution in [0.2, 0.25) is 0 Å². The average Bonchev–Trinajstić information content (AvgIpc) is 2.81. The van der Waals surface area contributed by atoms with Gasteiger partial charge in [-0.1, -0.05) is 12.8 Å². The summed E-state index contributed by atoms with van der Waals surface area (Å²) in [6.45, 7) is 5.48. The fourth-order valence-electron chi connectivity index (χ4n) is 2.60. The molecule has 0 atom stereocenters. The zero-order valence-electron chi connectivity index (χ0n) is 10.0. The second kappa shape index (κ2) is 6.21. The number of carbonyl (C=O) groups is 1. The van der Waals surface area contributed by atoms with Crippen molar-refractivity contribution < 1.29 is 4.79 Å². The lowest BCUT2D eigenvalue weighted by Crippen LogP contribution is -2.47. The first-order valence-electron chi connectivity index (χ1n) is 6.54. The van der Waals surface area contributed by atoms with Crippen LogP contribution in [0.15, 0.2) is 0 Å². The highest BCUT2D eigenvalue weighted by atomic mass is 16.2. The normalized spacial score (nSPS) is 23.5. The zero-order chi connectivity index (χ0) is 11.2. The third kappa shape index (κ3) is 3.76. The third-order valence-corrected chi connectivity index (χ3v) is 3.64. The highest BCUT2D eigenvalue weighted by Gasteiger charge is 2.17. The van der Waals surface area contributed by atoms with Crippen molar-refractivity contribution in [1.29, 1.82) is 0 Å². The van der Waals surface area contributed by atoms with Gasteiger partial charge in [-0.2, -0.15) is 0 Å². The lowest BCUT2D eigenvalue weighted by atomic mass is 10.1. The van der Waals surface area contributed by atoms with E-state index in [2.05, 4.69) is 15.5 Å². The van der Waals surface area contributed by atoms with Gasteiger partial charge in [0.25, 0.3) is 0 Å². The monoisotopic (exact) mass is 225 g/mol. The molecule has 0 aromatic heterocycles. The molecule has 0 radical (unpaired) electrons. The van der Waals surface area contributed by atoms with Gasteiger partial charge < -0.3 is 10.6 Å². The minimum atomic E-state index is 0.203. The van der Waals surface area contributed by atoms with Gasteiger partial charge in [0, 0.05) is 32.7 Å². The van der Waals surface area contributed by atoms with Crippen LogP contribution >= 0.6 is 0 Å². The van der Waals surface area contributed by atoms with E-state index in [4.69, 9.17) is 0 Å². The van der Waals surface area contributed by atoms with E-state index in [9.17, 15) is 4.79 Å². The molecule has 16 heavy (non-hydrogen) atoms. The molecule has 1 aliphatic heterocycles. The van der Waals surface area contributed by atoms with Crippen molar-refractivity contribution in [3.05, 3.63) is 0 Å². The van der Waals surface area contributed by atoms with Crippen molar-refractivity contribution in [3.63, 3.8) is 0 Å². The molecule has 0 spiro atoms. The van der Waals surface area contributed by atoms with Crippen LogP contribution in [0.5, 0.6) is 0 Å². The predicted molar refractivity (Wildman–Crippen MR) is 64.3 cm³/mol. The fraction of sp³-hybridized carbons (Fsp3) is 0.917. The molecule has 2 aliphatic rings. The highest BCUT2D eigenvalue weighted by molar-refractivity contribution is 5.78. The summed E-state index contributed by atoms with van der Waals surface area (Å²) in [4.78, 5) is 13.9. The molecule has 1 saturated heterocycles. The van der Waals surface area contributed by atoms with Crippen molar-refractivity contribution >= 4 is 5.91 Å². The molecule has 1 heterocycles. The van der Waals surface area contributed by atoms with Gasteiger partial charge in [0.1, 0.15) is 0 Å². The van der Waals surface area contributed by atoms with Gasteiger partial charge in [-0.15, -0.1) is 0 Å². The van der Waals surface area contributed by atoms with Crippen LogP contribution in [0.3, 0.4) is 0 Å². The lowest BCUT2D eigenvalue weighted by molar-refractivity contribution is -0.122. The Balaban J connectivity index is 1.59. The molecule has 4 nitrogen and oxygen atoms in total. The van der Waals surface area contributed by atoms with Crippen molar-refractivity contribution in [1.82, 2.24) is 15.5 Å². The molecule has 92 valence electrons. The summed E-state index contributed by atoms with van der Waals surface area (Å²) in [5, 5.41) is 6.36. The van der Waals surface area contributed by atoms with Crippen molar-refractivity contribution in [3.8, 4) is 0 Å². The Morgan fingerprint density at radius 2 is 1.94 bits per heavy atom. The van der Waals surface area contributed by atoms with E-state index in [1.165, 1.54) is 25.7 Å². The van der Waals surface area contributed by atoms with Crippen LogP contribution in [0.25, 0.3) is 0 Å². The number of nitrogens with zero attached hydrogens (tertiary/aromatic N) is 1. The summed E-state index contributed by atoms with van der Waals surface area (Å²) < 4.78 is 0. The summed E-state index contributed by atoms with van der Waals surface area (Å²) in [7, 11) is 0. The van der Waals surface area contributed by atoms with Gasteiger partial charge >= 0.3 is 0 Å². The molecule has 0 unspecified atom stereocenters. The van der Waals surface area contributed by atoms with Crippen LogP contribution in [-0.2, 0) is 4.79 Å². The summed E-state index contributed by atoms with van der Waals surface area (Å²) in [6.07, 6.45) is 5.29. The molecule has 4 heteroatoms. The standard InChI is InChI=1S/C12H23N3O/c16-12(10-15-7-5-13-6-8-15)14-9-11-3-1-2-4-11/h11,13H,1-10H2,(H,14,16). The maximum absolute atomic E-state index is 11.7. The summed E-state index contributed by atoms with van der Waals surface area (Å²) in [5.41, 5.74) is 0. The van der Waals surface area contributed by atoms with Crippen molar-refractivity contribution in [2.45, 2.75) is 25.7 Å². The van der Waals surface area contributed by atoms with Crippen LogP contribution in [0, 0.1) is 5.92 Å². The molecular weight excluding hydrogens is 202 g/mol. The molecule has 2 rings (SSSR count). The average molecular weight is 225 g/mol. The zero-order valence-corrected chi connectivity index (χ0v) is 10.0. The molecule has 1 amide bonds. The minimum Gasteiger partial charge on any atom is -0.355 e. The van der Waals surface area contributed by atoms with Crippen molar-refractivity contribution in [2.75, 3.05) is 39.3 Å². The van der Waals surface area contributed by atoms with E-state index >= 15 is 0 Å². The second-order valence-electron chi connectivity index (χ2n) is 4.98. The Morgan fingerprint density at radius 3 is 2.62 bits per heavy atom. The third-order valence-electron chi connectivity index (χ3n) is 3.64. The van der Waals surface area contributed by atoms with Gasteiger partial charge in [0.15, 0.2) is 0 Å². The Hall–Kier alpha value is -0.610. The smallest absolute Gasteiger partial charge is 0.234 e. The molecule has 0 bridgehead atoms. The maximum Gasteiger partial charge on any atom is 0.234 e. The first-order valence-corrected chi connectivity index (χ1v) is 6.54. The molecule has 2 fully saturated rings. The largest absolute Gasteiger partial charge is 0.355 e. The summed E-state index contributed by atoms with van der Waals surface area (Å²) in [6, 6.07) is 0. The fourth-order valence-corrected chi connectivity index (χ4v) is 2.60. The topological polar surface area (TPSA) is 44.4 Å². The number of hydrogen-bond acceptors (Lipinski definition) is 3. The van der Waals surface area contributed by atoms with Gasteiger partial charge in [-0.05, 0) is 18.8 Å². The number of nitrogens with one attached hydrogen (secondary N) is 2. The number of hydrogen-bond donors (Lipinski definition) is 2. The Morgan fingerprint density at radius 1 is 1.25 bits per heavy atom. The molecular formula is C12H23N3O. The van der Waals surface area contributed by atoms with E-state index in [0.717, 1.165) is 38.6 Å². The summed E-state index contributed by atoms with van der Waals surface area (Å²) in [5.74, 6) is 0.945. The van der Waals surface area contributed by atoms with Crippen LogP contribution < -0.4 is 10.6 Å². The molecule has 1 aliphatic carbocycles. The predicted octanol–water partition coefficient (Wildman–Crippen LogP) is 0.198. The van der Waals surface area contributed by atoms with E-state index in [-0.39, 0.29) is 5.91 Å². The Labute approximate surface area is 97.8 Å². The first kappa shape index (κ1) is 11.9. The molecule has 0 aromatic carbocycles. The van der Waals surface area contributed by atoms with E-state index < -0.39 is 0 Å². The van der Waals surface area contributed by atoms with E-state index in [0.29, 0.717) is 6.54 Å². The van der Waals surface area contributed by atoms with Gasteiger partial charge in [0.05, 0.1) is 6.54 Å². The van der Waals surface area contributed by atoms with Crippen molar-refractivity contribution in [2.24, 2.45) is 5.92 Å². The molecule has 1 saturated carbocycles. The molecule has 2 N–H and O–H groups in total. The SMILES string of the molecule is O=C(CN1CCNCC1)NCC1CCCC1. The van der Waals surface area contributed by atoms with E-state index in [1.54, 1.807) is 0 Å². The number of amides is 1. The maximum atomic E-state index is 11.7. The number of carbonyl (C=O) groups excluding carboxylic acids is 1. The van der Waals surface area contributed by atoms with Crippen LogP contribution in [0.4, 0.5) is 0 Å². The van der Waals surface area contributed by atoms with Gasteiger partial charge in [-0.3, -0.25) is 9.69 Å². The first-order chi connectivity index (χ1) is 7.84. The highest BCUT2D eigenvalue weighted by Crippen LogP contribution is 2.23. The second-order valence-corrected chi connectivity index (χ2v) is 4.98. The minimum absolute atomic E-state index is 0.203. The quantitative estimate of drug-likeness (QED) is 0.718. The number of piperazine rings is 1. The number of rotatable bonds is 4.